The van der Waals surface area contributed by atoms with Crippen molar-refractivity contribution in [3.63, 3.8) is 0 Å². The van der Waals surface area contributed by atoms with Crippen LogP contribution in [0.5, 0.6) is 0 Å². The van der Waals surface area contributed by atoms with E-state index in [2.05, 4.69) is 6.92 Å². The number of fused-ring (bicyclic) bond motifs is 1. The Hall–Kier alpha value is -2.13. The van der Waals surface area contributed by atoms with Crippen molar-refractivity contribution in [1.82, 2.24) is 0 Å². The van der Waals surface area contributed by atoms with Crippen LogP contribution in [0.4, 0.5) is 5.69 Å². The molecule has 1 aliphatic heterocycles. The van der Waals surface area contributed by atoms with Gasteiger partial charge in [0.05, 0.1) is 6.10 Å². The van der Waals surface area contributed by atoms with Crippen LogP contribution in [-0.2, 0) is 6.42 Å². The van der Waals surface area contributed by atoms with Gasteiger partial charge in [-0.1, -0.05) is 43.3 Å². The average Bonchev–Trinajstić information content (AvgIpc) is 2.55. The first kappa shape index (κ1) is 13.8. The number of carbonyl (C=O) groups excluding carboxylic acids is 1. The maximum Gasteiger partial charge on any atom is 0.258 e. The highest BCUT2D eigenvalue weighted by atomic mass is 16.3. The summed E-state index contributed by atoms with van der Waals surface area (Å²) in [5.74, 6) is 0.0202. The summed E-state index contributed by atoms with van der Waals surface area (Å²) in [6, 6.07) is 15.3. The zero-order valence-electron chi connectivity index (χ0n) is 12.1. The van der Waals surface area contributed by atoms with Crippen LogP contribution in [0.3, 0.4) is 0 Å². The quantitative estimate of drug-likeness (QED) is 0.917. The number of para-hydroxylation sites is 1. The van der Waals surface area contributed by atoms with Crippen LogP contribution in [0.2, 0.25) is 0 Å². The molecule has 1 aliphatic rings. The second kappa shape index (κ2) is 5.70. The number of hydrogen-bond donors (Lipinski definition) is 1. The fourth-order valence-corrected chi connectivity index (χ4v) is 2.94. The molecule has 3 heteroatoms. The molecule has 0 aromatic heterocycles. The molecule has 3 nitrogen and oxygen atoms in total. The Morgan fingerprint density at radius 2 is 1.90 bits per heavy atom. The first-order chi connectivity index (χ1) is 10.2. The van der Waals surface area contributed by atoms with Crippen LogP contribution in [0.25, 0.3) is 0 Å². The van der Waals surface area contributed by atoms with Crippen molar-refractivity contribution >= 4 is 11.6 Å². The van der Waals surface area contributed by atoms with Crippen LogP contribution >= 0.6 is 0 Å². The van der Waals surface area contributed by atoms with Gasteiger partial charge in [0.25, 0.3) is 5.91 Å². The van der Waals surface area contributed by atoms with Crippen LogP contribution in [-0.4, -0.2) is 17.6 Å². The van der Waals surface area contributed by atoms with Gasteiger partial charge in [-0.3, -0.25) is 4.79 Å². The fourth-order valence-electron chi connectivity index (χ4n) is 2.94. The first-order valence-corrected chi connectivity index (χ1v) is 7.39. The lowest BCUT2D eigenvalue weighted by molar-refractivity contribution is 0.0969. The molecule has 0 saturated heterocycles. The SMILES string of the molecule is CCc1ccccc1C(=O)N1CCC(O)c2ccccc21. The Bertz CT molecular complexity index is 666. The van der Waals surface area contributed by atoms with E-state index in [-0.39, 0.29) is 5.91 Å². The van der Waals surface area contributed by atoms with Gasteiger partial charge in [-0.25, -0.2) is 0 Å². The lowest BCUT2D eigenvalue weighted by Crippen LogP contribution is -2.37. The molecule has 1 amide bonds. The van der Waals surface area contributed by atoms with Gasteiger partial charge < -0.3 is 10.0 Å². The largest absolute Gasteiger partial charge is 0.388 e. The summed E-state index contributed by atoms with van der Waals surface area (Å²) in [6.07, 6.45) is 0.934. The monoisotopic (exact) mass is 281 g/mol. The van der Waals surface area contributed by atoms with E-state index in [9.17, 15) is 9.90 Å². The standard InChI is InChI=1S/C18H19NO2/c1-2-13-7-3-4-8-14(13)18(21)19-12-11-17(20)15-9-5-6-10-16(15)19/h3-10,17,20H,2,11-12H2,1H3. The van der Waals surface area contributed by atoms with E-state index < -0.39 is 6.10 Å². The lowest BCUT2D eigenvalue weighted by atomic mass is 9.97. The van der Waals surface area contributed by atoms with E-state index in [1.807, 2.05) is 48.5 Å². The summed E-state index contributed by atoms with van der Waals surface area (Å²) in [4.78, 5) is 14.7. The average molecular weight is 281 g/mol. The molecule has 0 fully saturated rings. The summed E-state index contributed by atoms with van der Waals surface area (Å²) in [5, 5.41) is 10.1. The van der Waals surface area contributed by atoms with Crippen molar-refractivity contribution in [1.29, 1.82) is 0 Å². The minimum atomic E-state index is -0.480. The van der Waals surface area contributed by atoms with E-state index >= 15 is 0 Å². The van der Waals surface area contributed by atoms with E-state index in [0.717, 1.165) is 28.8 Å². The van der Waals surface area contributed by atoms with Crippen molar-refractivity contribution in [2.24, 2.45) is 0 Å². The van der Waals surface area contributed by atoms with Gasteiger partial charge in [0.1, 0.15) is 0 Å². The molecule has 1 heterocycles. The number of aryl methyl sites for hydroxylation is 1. The second-order valence-electron chi connectivity index (χ2n) is 5.33. The number of hydrogen-bond acceptors (Lipinski definition) is 2. The Balaban J connectivity index is 2.01. The lowest BCUT2D eigenvalue weighted by Gasteiger charge is -2.32. The first-order valence-electron chi connectivity index (χ1n) is 7.39. The third kappa shape index (κ3) is 2.45. The van der Waals surface area contributed by atoms with Crippen LogP contribution in [0.15, 0.2) is 48.5 Å². The van der Waals surface area contributed by atoms with E-state index in [1.54, 1.807) is 4.90 Å². The number of anilines is 1. The number of rotatable bonds is 2. The molecule has 0 aliphatic carbocycles. The molecule has 3 rings (SSSR count). The molecule has 2 aromatic rings. The second-order valence-corrected chi connectivity index (χ2v) is 5.33. The van der Waals surface area contributed by atoms with E-state index in [4.69, 9.17) is 0 Å². The highest BCUT2D eigenvalue weighted by Gasteiger charge is 2.28. The van der Waals surface area contributed by atoms with Crippen molar-refractivity contribution in [2.45, 2.75) is 25.9 Å². The molecule has 0 radical (unpaired) electrons. The Morgan fingerprint density at radius 3 is 2.71 bits per heavy atom. The van der Waals surface area contributed by atoms with Gasteiger partial charge in [-0.2, -0.15) is 0 Å². The topological polar surface area (TPSA) is 40.5 Å². The molecule has 0 spiro atoms. The number of amides is 1. The molecule has 21 heavy (non-hydrogen) atoms. The summed E-state index contributed by atoms with van der Waals surface area (Å²) in [5.41, 5.74) is 3.48. The molecule has 2 aromatic carbocycles. The van der Waals surface area contributed by atoms with Gasteiger partial charge in [-0.05, 0) is 30.5 Å². The number of benzene rings is 2. The molecule has 0 saturated carbocycles. The van der Waals surface area contributed by atoms with Gasteiger partial charge in [0, 0.05) is 23.4 Å². The van der Waals surface area contributed by atoms with E-state index in [0.29, 0.717) is 13.0 Å². The molecule has 108 valence electrons. The maximum atomic E-state index is 12.9. The molecule has 1 atom stereocenters. The highest BCUT2D eigenvalue weighted by molar-refractivity contribution is 6.07. The van der Waals surface area contributed by atoms with Crippen molar-refractivity contribution in [2.75, 3.05) is 11.4 Å². The van der Waals surface area contributed by atoms with Gasteiger partial charge >= 0.3 is 0 Å². The van der Waals surface area contributed by atoms with Gasteiger partial charge in [0.2, 0.25) is 0 Å². The van der Waals surface area contributed by atoms with Crippen molar-refractivity contribution < 1.29 is 9.90 Å². The zero-order valence-corrected chi connectivity index (χ0v) is 12.1. The molecule has 1 unspecified atom stereocenters. The van der Waals surface area contributed by atoms with Crippen molar-refractivity contribution in [3.05, 3.63) is 65.2 Å². The predicted octanol–water partition coefficient (Wildman–Crippen LogP) is 3.33. The summed E-state index contributed by atoms with van der Waals surface area (Å²) < 4.78 is 0. The predicted molar refractivity (Wildman–Crippen MR) is 83.5 cm³/mol. The fraction of sp³-hybridized carbons (Fsp3) is 0.278. The number of aliphatic hydroxyl groups is 1. The summed E-state index contributed by atoms with van der Waals surface area (Å²) in [6.45, 7) is 2.61. The normalized spacial score (nSPS) is 17.4. The summed E-state index contributed by atoms with van der Waals surface area (Å²) in [7, 11) is 0. The van der Waals surface area contributed by atoms with E-state index in [1.165, 1.54) is 0 Å². The third-order valence-electron chi connectivity index (χ3n) is 4.09. The minimum Gasteiger partial charge on any atom is -0.388 e. The Kier molecular flexibility index (Phi) is 3.76. The molecule has 1 N–H and O–H groups in total. The number of nitrogens with zero attached hydrogens (tertiary/aromatic N) is 1. The number of carbonyl (C=O) groups is 1. The smallest absolute Gasteiger partial charge is 0.258 e. The van der Waals surface area contributed by atoms with Gasteiger partial charge in [-0.15, -0.1) is 0 Å². The van der Waals surface area contributed by atoms with Gasteiger partial charge in [0.15, 0.2) is 0 Å². The Labute approximate surface area is 124 Å². The van der Waals surface area contributed by atoms with Crippen molar-refractivity contribution in [3.8, 4) is 0 Å². The highest BCUT2D eigenvalue weighted by Crippen LogP contribution is 2.34. The molecular weight excluding hydrogens is 262 g/mol. The van der Waals surface area contributed by atoms with Crippen LogP contribution in [0.1, 0.15) is 40.9 Å². The Morgan fingerprint density at radius 1 is 1.19 bits per heavy atom. The molecule has 0 bridgehead atoms. The summed E-state index contributed by atoms with van der Waals surface area (Å²) >= 11 is 0. The maximum absolute atomic E-state index is 12.9. The van der Waals surface area contributed by atoms with Crippen LogP contribution < -0.4 is 4.90 Å². The third-order valence-corrected chi connectivity index (χ3v) is 4.09. The molecular formula is C18H19NO2. The number of aliphatic hydroxyl groups excluding tert-OH is 1. The zero-order chi connectivity index (χ0) is 14.8. The van der Waals surface area contributed by atoms with Crippen LogP contribution in [0, 0.1) is 0 Å². The minimum absolute atomic E-state index is 0.0202.